The van der Waals surface area contributed by atoms with Crippen molar-refractivity contribution in [2.75, 3.05) is 39.5 Å². The largest absolute Gasteiger partial charge is 0.388 e. The summed E-state index contributed by atoms with van der Waals surface area (Å²) in [6.45, 7) is 6.16. The van der Waals surface area contributed by atoms with Gasteiger partial charge in [0, 0.05) is 45.8 Å². The summed E-state index contributed by atoms with van der Waals surface area (Å²) in [7, 11) is 0. The molecule has 6 nitrogen and oxygen atoms in total. The third kappa shape index (κ3) is 9.40. The van der Waals surface area contributed by atoms with Crippen molar-refractivity contribution in [3.05, 3.63) is 0 Å². The number of rotatable bonds is 8. The Morgan fingerprint density at radius 1 is 1.20 bits per heavy atom. The van der Waals surface area contributed by atoms with Gasteiger partial charge in [0.2, 0.25) is 0 Å². The molecule has 0 atom stereocenters. The first kappa shape index (κ1) is 22.9. The van der Waals surface area contributed by atoms with Crippen LogP contribution < -0.4 is 10.6 Å². The Kier molecular flexibility index (Phi) is 12.0. The molecule has 148 valence electrons. The van der Waals surface area contributed by atoms with E-state index in [2.05, 4.69) is 15.6 Å². The smallest absolute Gasteiger partial charge is 0.191 e. The number of aliphatic hydroxyl groups is 1. The monoisotopic (exact) mass is 469 g/mol. The zero-order valence-electron chi connectivity index (χ0n) is 15.6. The quantitative estimate of drug-likeness (QED) is 0.221. The van der Waals surface area contributed by atoms with Crippen LogP contribution in [0.25, 0.3) is 0 Å². The molecular weight excluding hydrogens is 433 g/mol. The molecule has 0 aromatic rings. The lowest BCUT2D eigenvalue weighted by Crippen LogP contribution is -2.42. The molecule has 1 heterocycles. The third-order valence-corrected chi connectivity index (χ3v) is 4.82. The minimum Gasteiger partial charge on any atom is -0.388 e. The van der Waals surface area contributed by atoms with Gasteiger partial charge in [-0.25, -0.2) is 0 Å². The molecule has 2 aliphatic rings. The minimum absolute atomic E-state index is 0. The molecule has 1 aliphatic carbocycles. The molecule has 2 rings (SSSR count). The van der Waals surface area contributed by atoms with Crippen molar-refractivity contribution in [1.82, 2.24) is 10.6 Å². The highest BCUT2D eigenvalue weighted by atomic mass is 127. The van der Waals surface area contributed by atoms with E-state index in [1.54, 1.807) is 0 Å². The Bertz CT molecular complexity index is 371. The summed E-state index contributed by atoms with van der Waals surface area (Å²) in [5.74, 6) is 0.773. The van der Waals surface area contributed by atoms with Crippen molar-refractivity contribution >= 4 is 29.9 Å². The molecular formula is C18H36IN3O3. The molecule has 0 amide bonds. The minimum atomic E-state index is -0.718. The summed E-state index contributed by atoms with van der Waals surface area (Å²) in [4.78, 5) is 4.54. The maximum absolute atomic E-state index is 10.5. The standard InChI is InChI=1S/C18H35N3O3.HI/c1-2-19-17(21-15-18(22)9-13-23-14-10-18)20-11-6-12-24-16-7-4-3-5-8-16;/h16,22H,2-15H2,1H3,(H2,19,20,21);1H. The van der Waals surface area contributed by atoms with E-state index in [-0.39, 0.29) is 24.0 Å². The zero-order chi connectivity index (χ0) is 17.1. The molecule has 0 aromatic carbocycles. The molecule has 0 radical (unpaired) electrons. The molecule has 2 fully saturated rings. The molecule has 0 unspecified atom stereocenters. The number of nitrogens with one attached hydrogen (secondary N) is 2. The van der Waals surface area contributed by atoms with E-state index in [0.29, 0.717) is 38.7 Å². The van der Waals surface area contributed by atoms with E-state index in [1.807, 2.05) is 6.92 Å². The summed E-state index contributed by atoms with van der Waals surface area (Å²) < 4.78 is 11.2. The molecule has 25 heavy (non-hydrogen) atoms. The molecule has 3 N–H and O–H groups in total. The predicted octanol–water partition coefficient (Wildman–Crippen LogP) is 2.44. The fraction of sp³-hybridized carbons (Fsp3) is 0.944. The lowest BCUT2D eigenvalue weighted by molar-refractivity contribution is -0.0566. The van der Waals surface area contributed by atoms with Gasteiger partial charge in [-0.1, -0.05) is 19.3 Å². The SMILES string of the molecule is CCNC(=NCC1(O)CCOCC1)NCCCOC1CCCCC1.I. The zero-order valence-corrected chi connectivity index (χ0v) is 17.9. The van der Waals surface area contributed by atoms with Crippen LogP contribution in [0.5, 0.6) is 0 Å². The summed E-state index contributed by atoms with van der Waals surface area (Å²) in [6.07, 6.45) is 9.20. The Morgan fingerprint density at radius 2 is 1.92 bits per heavy atom. The van der Waals surface area contributed by atoms with E-state index in [0.717, 1.165) is 32.1 Å². The predicted molar refractivity (Wildman–Crippen MR) is 112 cm³/mol. The van der Waals surface area contributed by atoms with Crippen LogP contribution in [0.1, 0.15) is 58.3 Å². The topological polar surface area (TPSA) is 75.1 Å². The van der Waals surface area contributed by atoms with E-state index in [4.69, 9.17) is 9.47 Å². The van der Waals surface area contributed by atoms with Crippen molar-refractivity contribution in [2.24, 2.45) is 4.99 Å². The molecule has 1 saturated carbocycles. The van der Waals surface area contributed by atoms with Crippen LogP contribution in [0.3, 0.4) is 0 Å². The summed E-state index contributed by atoms with van der Waals surface area (Å²) >= 11 is 0. The van der Waals surface area contributed by atoms with Crippen LogP contribution >= 0.6 is 24.0 Å². The third-order valence-electron chi connectivity index (χ3n) is 4.82. The van der Waals surface area contributed by atoms with Crippen molar-refractivity contribution in [2.45, 2.75) is 70.0 Å². The second kappa shape index (κ2) is 13.1. The first-order chi connectivity index (χ1) is 11.7. The highest BCUT2D eigenvalue weighted by molar-refractivity contribution is 14.0. The number of hydrogen-bond acceptors (Lipinski definition) is 4. The maximum atomic E-state index is 10.5. The number of halogens is 1. The number of ether oxygens (including phenoxy) is 2. The molecule has 0 bridgehead atoms. The Balaban J connectivity index is 0.00000312. The van der Waals surface area contributed by atoms with Gasteiger partial charge in [-0.15, -0.1) is 24.0 Å². The van der Waals surface area contributed by atoms with Gasteiger partial charge >= 0.3 is 0 Å². The van der Waals surface area contributed by atoms with E-state index in [9.17, 15) is 5.11 Å². The van der Waals surface area contributed by atoms with Gasteiger partial charge in [-0.2, -0.15) is 0 Å². The Morgan fingerprint density at radius 3 is 2.60 bits per heavy atom. The fourth-order valence-electron chi connectivity index (χ4n) is 3.24. The second-order valence-electron chi connectivity index (χ2n) is 6.94. The molecule has 1 aliphatic heterocycles. The molecule has 7 heteroatoms. The molecule has 1 saturated heterocycles. The lowest BCUT2D eigenvalue weighted by atomic mass is 9.95. The van der Waals surface area contributed by atoms with Crippen LogP contribution in [0, 0.1) is 0 Å². The van der Waals surface area contributed by atoms with Crippen LogP contribution in [0.2, 0.25) is 0 Å². The van der Waals surface area contributed by atoms with Crippen molar-refractivity contribution in [3.8, 4) is 0 Å². The van der Waals surface area contributed by atoms with Gasteiger partial charge in [-0.05, 0) is 26.2 Å². The Hall–Kier alpha value is -0.120. The summed E-state index contributed by atoms with van der Waals surface area (Å²) in [5, 5.41) is 17.0. The fourth-order valence-corrected chi connectivity index (χ4v) is 3.24. The van der Waals surface area contributed by atoms with E-state index < -0.39 is 5.60 Å². The van der Waals surface area contributed by atoms with Gasteiger partial charge in [0.15, 0.2) is 5.96 Å². The average Bonchev–Trinajstić information content (AvgIpc) is 2.61. The summed E-state index contributed by atoms with van der Waals surface area (Å²) in [6, 6.07) is 0. The van der Waals surface area contributed by atoms with Gasteiger partial charge in [0.05, 0.1) is 18.2 Å². The van der Waals surface area contributed by atoms with E-state index in [1.165, 1.54) is 32.1 Å². The van der Waals surface area contributed by atoms with Crippen molar-refractivity contribution in [1.29, 1.82) is 0 Å². The van der Waals surface area contributed by atoms with E-state index >= 15 is 0 Å². The van der Waals surface area contributed by atoms with Crippen LogP contribution in [0.15, 0.2) is 4.99 Å². The second-order valence-corrected chi connectivity index (χ2v) is 6.94. The highest BCUT2D eigenvalue weighted by Gasteiger charge is 2.29. The Labute approximate surface area is 169 Å². The van der Waals surface area contributed by atoms with Crippen LogP contribution in [0.4, 0.5) is 0 Å². The molecule has 0 spiro atoms. The van der Waals surface area contributed by atoms with Crippen LogP contribution in [-0.2, 0) is 9.47 Å². The summed E-state index contributed by atoms with van der Waals surface area (Å²) in [5.41, 5.74) is -0.718. The lowest BCUT2D eigenvalue weighted by Gasteiger charge is -2.30. The number of aliphatic imine (C=N–C) groups is 1. The van der Waals surface area contributed by atoms with Crippen molar-refractivity contribution in [3.63, 3.8) is 0 Å². The van der Waals surface area contributed by atoms with Gasteiger partial charge in [0.1, 0.15) is 0 Å². The number of guanidine groups is 1. The average molecular weight is 469 g/mol. The van der Waals surface area contributed by atoms with Crippen molar-refractivity contribution < 1.29 is 14.6 Å². The van der Waals surface area contributed by atoms with Gasteiger partial charge in [-0.3, -0.25) is 4.99 Å². The van der Waals surface area contributed by atoms with Gasteiger partial charge in [0.25, 0.3) is 0 Å². The van der Waals surface area contributed by atoms with Gasteiger partial charge < -0.3 is 25.2 Å². The maximum Gasteiger partial charge on any atom is 0.191 e. The highest BCUT2D eigenvalue weighted by Crippen LogP contribution is 2.21. The van der Waals surface area contributed by atoms with Crippen LogP contribution in [-0.4, -0.2) is 62.2 Å². The normalized spacial score (nSPS) is 21.4. The number of nitrogens with zero attached hydrogens (tertiary/aromatic N) is 1. The first-order valence-electron chi connectivity index (χ1n) is 9.66. The molecule has 0 aromatic heterocycles. The first-order valence-corrected chi connectivity index (χ1v) is 9.66. The number of hydrogen-bond donors (Lipinski definition) is 3.